The van der Waals surface area contributed by atoms with Crippen molar-refractivity contribution in [3.63, 3.8) is 0 Å². The van der Waals surface area contributed by atoms with Crippen LogP contribution in [0.25, 0.3) is 0 Å². The van der Waals surface area contributed by atoms with Crippen LogP contribution in [0.1, 0.15) is 101 Å². The fourth-order valence-electron chi connectivity index (χ4n) is 3.76. The van der Waals surface area contributed by atoms with Gasteiger partial charge in [0, 0.05) is 18.1 Å². The lowest BCUT2D eigenvalue weighted by Crippen LogP contribution is -2.04. The average molecular weight is 416 g/mol. The number of rotatable bonds is 8. The van der Waals surface area contributed by atoms with Gasteiger partial charge in [-0.2, -0.15) is 5.26 Å². The van der Waals surface area contributed by atoms with Gasteiger partial charge in [0.2, 0.25) is 0 Å². The first-order valence-electron chi connectivity index (χ1n) is 11.3. The van der Waals surface area contributed by atoms with Crippen molar-refractivity contribution < 1.29 is 0 Å². The highest BCUT2D eigenvalue weighted by molar-refractivity contribution is 5.87. The molecule has 0 spiro atoms. The maximum atomic E-state index is 9.75. The van der Waals surface area contributed by atoms with Gasteiger partial charge < -0.3 is 5.32 Å². The van der Waals surface area contributed by atoms with E-state index in [1.165, 1.54) is 22.3 Å². The lowest BCUT2D eigenvalue weighted by atomic mass is 9.92. The summed E-state index contributed by atoms with van der Waals surface area (Å²) in [7, 11) is 0. The lowest BCUT2D eigenvalue weighted by Gasteiger charge is -2.19. The van der Waals surface area contributed by atoms with Crippen LogP contribution in [0.4, 0.5) is 11.4 Å². The smallest absolute Gasteiger partial charge is 0.102 e. The van der Waals surface area contributed by atoms with Crippen LogP contribution in [0.5, 0.6) is 0 Å². The first-order chi connectivity index (χ1) is 14.7. The number of nitriles is 1. The predicted octanol–water partition coefficient (Wildman–Crippen LogP) is 8.40. The number of aliphatic imine (C=N–C) groups is 1. The summed E-state index contributed by atoms with van der Waals surface area (Å²) in [6.07, 6.45) is 3.47. The second-order valence-corrected chi connectivity index (χ2v) is 9.33. The summed E-state index contributed by atoms with van der Waals surface area (Å²) < 4.78 is 0. The van der Waals surface area contributed by atoms with E-state index in [0.717, 1.165) is 11.4 Å². The van der Waals surface area contributed by atoms with Crippen LogP contribution >= 0.6 is 0 Å². The van der Waals surface area contributed by atoms with Crippen LogP contribution in [0.3, 0.4) is 0 Å². The van der Waals surface area contributed by atoms with Gasteiger partial charge in [-0.1, -0.05) is 91.8 Å². The molecule has 0 saturated heterocycles. The van der Waals surface area contributed by atoms with Gasteiger partial charge in [0.1, 0.15) is 6.07 Å². The predicted molar refractivity (Wildman–Crippen MR) is 135 cm³/mol. The molecule has 164 valence electrons. The summed E-state index contributed by atoms with van der Waals surface area (Å²) in [5.41, 5.74) is 7.51. The molecule has 0 aromatic heterocycles. The number of allylic oxidation sites excluding steroid dienone is 1. The summed E-state index contributed by atoms with van der Waals surface area (Å²) >= 11 is 0. The molecule has 0 saturated carbocycles. The summed E-state index contributed by atoms with van der Waals surface area (Å²) in [5.74, 6) is 1.51. The molecule has 0 aliphatic rings. The van der Waals surface area contributed by atoms with Crippen LogP contribution in [-0.2, 0) is 0 Å². The van der Waals surface area contributed by atoms with E-state index < -0.39 is 0 Å². The Hall–Kier alpha value is -2.86. The quantitative estimate of drug-likeness (QED) is 0.347. The molecule has 31 heavy (non-hydrogen) atoms. The van der Waals surface area contributed by atoms with E-state index in [0.29, 0.717) is 29.2 Å². The SMILES string of the molecule is CC(C)c1cccc(C(C)C)c1N=C/C(C#N)=C/Nc1c(C(C)C)cccc1C(C)C. The minimum atomic E-state index is 0.366. The number of anilines is 1. The zero-order chi connectivity index (χ0) is 23.1. The van der Waals surface area contributed by atoms with Crippen molar-refractivity contribution >= 4 is 17.6 Å². The summed E-state index contributed by atoms with van der Waals surface area (Å²) in [5, 5.41) is 13.2. The molecule has 2 aromatic rings. The van der Waals surface area contributed by atoms with E-state index in [1.807, 2.05) is 0 Å². The highest BCUT2D eigenvalue weighted by Crippen LogP contribution is 2.35. The molecular formula is C28H37N3. The van der Waals surface area contributed by atoms with Gasteiger partial charge in [-0.05, 0) is 45.9 Å². The van der Waals surface area contributed by atoms with E-state index in [-0.39, 0.29) is 0 Å². The number of para-hydroxylation sites is 2. The third kappa shape index (κ3) is 6.07. The van der Waals surface area contributed by atoms with Crippen molar-refractivity contribution in [2.45, 2.75) is 79.1 Å². The zero-order valence-electron chi connectivity index (χ0n) is 20.3. The number of nitrogens with zero attached hydrogens (tertiary/aromatic N) is 2. The van der Waals surface area contributed by atoms with Crippen LogP contribution in [-0.4, -0.2) is 6.21 Å². The molecule has 0 radical (unpaired) electrons. The Labute approximate surface area is 188 Å². The molecule has 0 fully saturated rings. The minimum absolute atomic E-state index is 0.366. The van der Waals surface area contributed by atoms with Crippen LogP contribution in [0.15, 0.2) is 53.2 Å². The molecule has 1 N–H and O–H groups in total. The molecule has 0 bridgehead atoms. The molecule has 2 aromatic carbocycles. The van der Waals surface area contributed by atoms with Crippen molar-refractivity contribution in [3.05, 3.63) is 70.4 Å². The van der Waals surface area contributed by atoms with Crippen molar-refractivity contribution in [1.29, 1.82) is 5.26 Å². The van der Waals surface area contributed by atoms with Gasteiger partial charge in [0.25, 0.3) is 0 Å². The standard InChI is InChI=1S/C28H37N3/c1-18(2)23-11-9-12-24(19(3)4)27(23)30-16-22(15-29)17-31-28-25(20(5)6)13-10-14-26(28)21(7)8/h9-14,16-21,30H,1-8H3/b22-16+,31-17?. The molecule has 3 nitrogen and oxygen atoms in total. The highest BCUT2D eigenvalue weighted by Gasteiger charge is 2.14. The molecule has 0 heterocycles. The van der Waals surface area contributed by atoms with Crippen LogP contribution < -0.4 is 5.32 Å². The van der Waals surface area contributed by atoms with Gasteiger partial charge in [-0.3, -0.25) is 4.99 Å². The van der Waals surface area contributed by atoms with Gasteiger partial charge >= 0.3 is 0 Å². The Bertz CT molecular complexity index is 933. The maximum absolute atomic E-state index is 9.75. The fourth-order valence-corrected chi connectivity index (χ4v) is 3.76. The normalized spacial score (nSPS) is 12.4. The van der Waals surface area contributed by atoms with Crippen molar-refractivity contribution in [2.24, 2.45) is 4.99 Å². The number of nitrogens with one attached hydrogen (secondary N) is 1. The molecule has 0 aliphatic carbocycles. The van der Waals surface area contributed by atoms with Crippen LogP contribution in [0, 0.1) is 11.3 Å². The van der Waals surface area contributed by atoms with Crippen molar-refractivity contribution in [2.75, 3.05) is 5.32 Å². The van der Waals surface area contributed by atoms with Crippen LogP contribution in [0.2, 0.25) is 0 Å². The molecule has 2 rings (SSSR count). The van der Waals surface area contributed by atoms with Gasteiger partial charge in [0.05, 0.1) is 11.3 Å². The second kappa shape index (κ2) is 11.0. The Morgan fingerprint density at radius 3 is 1.58 bits per heavy atom. The third-order valence-electron chi connectivity index (χ3n) is 5.55. The fraction of sp³-hybridized carbons (Fsp3) is 0.429. The molecule has 0 amide bonds. The highest BCUT2D eigenvalue weighted by atomic mass is 14.9. The maximum Gasteiger partial charge on any atom is 0.102 e. The van der Waals surface area contributed by atoms with Crippen molar-refractivity contribution in [3.8, 4) is 6.07 Å². The number of hydrogen-bond acceptors (Lipinski definition) is 3. The monoisotopic (exact) mass is 415 g/mol. The molecule has 3 heteroatoms. The molecule has 0 unspecified atom stereocenters. The summed E-state index contributed by atoms with van der Waals surface area (Å²) in [4.78, 5) is 4.79. The summed E-state index contributed by atoms with van der Waals surface area (Å²) in [6, 6.07) is 15.1. The largest absolute Gasteiger partial charge is 0.360 e. The van der Waals surface area contributed by atoms with E-state index in [1.54, 1.807) is 12.4 Å². The number of benzene rings is 2. The Morgan fingerprint density at radius 2 is 1.19 bits per heavy atom. The van der Waals surface area contributed by atoms with E-state index >= 15 is 0 Å². The first-order valence-corrected chi connectivity index (χ1v) is 11.3. The summed E-state index contributed by atoms with van der Waals surface area (Å²) in [6.45, 7) is 17.5. The first kappa shape index (κ1) is 24.4. The molecule has 0 aliphatic heterocycles. The van der Waals surface area contributed by atoms with Gasteiger partial charge in [0.15, 0.2) is 0 Å². The molecular weight excluding hydrogens is 378 g/mol. The van der Waals surface area contributed by atoms with E-state index in [9.17, 15) is 5.26 Å². The van der Waals surface area contributed by atoms with E-state index in [4.69, 9.17) is 4.99 Å². The topological polar surface area (TPSA) is 48.2 Å². The molecule has 0 atom stereocenters. The minimum Gasteiger partial charge on any atom is -0.360 e. The van der Waals surface area contributed by atoms with Gasteiger partial charge in [-0.25, -0.2) is 0 Å². The lowest BCUT2D eigenvalue weighted by molar-refractivity contribution is 0.835. The van der Waals surface area contributed by atoms with E-state index in [2.05, 4.69) is 103 Å². The number of hydrogen-bond donors (Lipinski definition) is 1. The Kier molecular flexibility index (Phi) is 8.63. The van der Waals surface area contributed by atoms with Crippen molar-refractivity contribution in [1.82, 2.24) is 0 Å². The van der Waals surface area contributed by atoms with Gasteiger partial charge in [-0.15, -0.1) is 0 Å². The second-order valence-electron chi connectivity index (χ2n) is 9.33. The average Bonchev–Trinajstić information content (AvgIpc) is 2.72. The Morgan fingerprint density at radius 1 is 0.774 bits per heavy atom. The Balaban J connectivity index is 2.45. The third-order valence-corrected chi connectivity index (χ3v) is 5.55. The zero-order valence-corrected chi connectivity index (χ0v) is 20.3.